The number of halogens is 1. The minimum Gasteiger partial charge on any atom is -0.464 e. The third kappa shape index (κ3) is 4.14. The number of hydrogen-bond acceptors (Lipinski definition) is 4. The van der Waals surface area contributed by atoms with Crippen LogP contribution in [0.1, 0.15) is 23.6 Å². The van der Waals surface area contributed by atoms with E-state index in [1.807, 2.05) is 26.0 Å². The number of benzene rings is 2. The molecule has 0 saturated heterocycles. The number of nitrogens with one attached hydrogen (secondary N) is 1. The van der Waals surface area contributed by atoms with E-state index in [4.69, 9.17) is 20.8 Å². The number of ether oxygens (including phenoxy) is 1. The second-order valence-corrected chi connectivity index (χ2v) is 6.83. The highest BCUT2D eigenvalue weighted by Crippen LogP contribution is 2.27. The van der Waals surface area contributed by atoms with Gasteiger partial charge in [0.25, 0.3) is 5.91 Å². The molecule has 0 saturated carbocycles. The maximum Gasteiger partial charge on any atom is 0.311 e. The summed E-state index contributed by atoms with van der Waals surface area (Å²) in [6.45, 7) is 5.50. The Bertz CT molecular complexity index is 1010. The van der Waals surface area contributed by atoms with Crippen LogP contribution in [-0.2, 0) is 20.7 Å². The van der Waals surface area contributed by atoms with Crippen molar-refractivity contribution < 1.29 is 18.7 Å². The van der Waals surface area contributed by atoms with Gasteiger partial charge in [-0.1, -0.05) is 35.9 Å². The predicted octanol–water partition coefficient (Wildman–Crippen LogP) is 4.82. The van der Waals surface area contributed by atoms with Crippen molar-refractivity contribution in [1.29, 1.82) is 0 Å². The van der Waals surface area contributed by atoms with Crippen molar-refractivity contribution in [2.75, 3.05) is 5.32 Å². The van der Waals surface area contributed by atoms with Crippen LogP contribution in [0.4, 0.5) is 5.69 Å². The van der Waals surface area contributed by atoms with Crippen molar-refractivity contribution in [3.05, 3.63) is 64.4 Å². The van der Waals surface area contributed by atoms with E-state index in [9.17, 15) is 9.59 Å². The third-order valence-electron chi connectivity index (χ3n) is 4.49. The number of carbonyl (C=O) groups is 2. The van der Waals surface area contributed by atoms with Gasteiger partial charge in [-0.05, 0) is 44.0 Å². The number of amides is 1. The van der Waals surface area contributed by atoms with Crippen molar-refractivity contribution in [3.8, 4) is 0 Å². The summed E-state index contributed by atoms with van der Waals surface area (Å²) in [5, 5.41) is 3.95. The molecule has 1 N–H and O–H groups in total. The van der Waals surface area contributed by atoms with E-state index in [-0.39, 0.29) is 6.42 Å². The van der Waals surface area contributed by atoms with Gasteiger partial charge in [0.1, 0.15) is 5.58 Å². The molecule has 5 nitrogen and oxygen atoms in total. The van der Waals surface area contributed by atoms with Gasteiger partial charge in [0, 0.05) is 10.9 Å². The molecule has 0 aliphatic rings. The molecule has 3 rings (SSSR count). The van der Waals surface area contributed by atoms with Crippen molar-refractivity contribution >= 4 is 40.1 Å². The van der Waals surface area contributed by atoms with Gasteiger partial charge in [-0.25, -0.2) is 0 Å². The Hall–Kier alpha value is -2.79. The molecule has 0 aliphatic heterocycles. The molecule has 1 aromatic heterocycles. The van der Waals surface area contributed by atoms with E-state index in [0.717, 1.165) is 27.7 Å². The Morgan fingerprint density at radius 1 is 1.19 bits per heavy atom. The summed E-state index contributed by atoms with van der Waals surface area (Å²) >= 11 is 6.02. The number of rotatable bonds is 5. The van der Waals surface area contributed by atoms with Crippen LogP contribution in [0.5, 0.6) is 0 Å². The molecule has 2 aromatic carbocycles. The second-order valence-electron chi connectivity index (χ2n) is 6.42. The lowest BCUT2D eigenvalue weighted by molar-refractivity contribution is -0.152. The molecule has 3 aromatic rings. The van der Waals surface area contributed by atoms with Crippen molar-refractivity contribution in [3.63, 3.8) is 0 Å². The molecule has 6 heteroatoms. The summed E-state index contributed by atoms with van der Waals surface area (Å²) in [7, 11) is 0. The maximum atomic E-state index is 12.3. The van der Waals surface area contributed by atoms with E-state index < -0.39 is 18.0 Å². The normalized spacial score (nSPS) is 12.0. The molecular formula is C21H20ClNO4. The zero-order valence-corrected chi connectivity index (χ0v) is 16.1. The number of para-hydroxylation sites is 1. The monoisotopic (exact) mass is 385 g/mol. The Morgan fingerprint density at radius 2 is 1.93 bits per heavy atom. The van der Waals surface area contributed by atoms with Gasteiger partial charge in [-0.15, -0.1) is 0 Å². The Kier molecular flexibility index (Phi) is 5.51. The van der Waals surface area contributed by atoms with Crippen molar-refractivity contribution in [1.82, 2.24) is 0 Å². The maximum absolute atomic E-state index is 12.3. The Balaban J connectivity index is 1.64. The number of aryl methyl sites for hydroxylation is 2. The minimum absolute atomic E-state index is 0.0270. The fourth-order valence-electron chi connectivity index (χ4n) is 2.77. The largest absolute Gasteiger partial charge is 0.464 e. The first kappa shape index (κ1) is 19.0. The molecule has 1 atom stereocenters. The van der Waals surface area contributed by atoms with Crippen LogP contribution in [0.25, 0.3) is 11.0 Å². The van der Waals surface area contributed by atoms with Gasteiger partial charge in [-0.2, -0.15) is 0 Å². The van der Waals surface area contributed by atoms with Crippen molar-refractivity contribution in [2.45, 2.75) is 33.3 Å². The lowest BCUT2D eigenvalue weighted by Crippen LogP contribution is -2.30. The van der Waals surface area contributed by atoms with Gasteiger partial charge < -0.3 is 14.5 Å². The van der Waals surface area contributed by atoms with Crippen LogP contribution in [0.3, 0.4) is 0 Å². The van der Waals surface area contributed by atoms with Crippen LogP contribution < -0.4 is 5.32 Å². The molecule has 0 unspecified atom stereocenters. The van der Waals surface area contributed by atoms with Crippen molar-refractivity contribution in [2.24, 2.45) is 0 Å². The molecule has 27 heavy (non-hydrogen) atoms. The number of furan rings is 1. The fraction of sp³-hybridized carbons (Fsp3) is 0.238. The highest BCUT2D eigenvalue weighted by Gasteiger charge is 2.20. The SMILES string of the molecule is Cc1ccc2c(CC(=O)O[C@H](C)C(=O)Nc3ccccc3Cl)coc2c1C. The summed E-state index contributed by atoms with van der Waals surface area (Å²) < 4.78 is 10.9. The molecule has 0 bridgehead atoms. The minimum atomic E-state index is -0.948. The van der Waals surface area contributed by atoms with Gasteiger partial charge in [0.2, 0.25) is 0 Å². The van der Waals surface area contributed by atoms with E-state index in [1.54, 1.807) is 30.5 Å². The first-order valence-electron chi connectivity index (χ1n) is 8.58. The van der Waals surface area contributed by atoms with Gasteiger partial charge in [-0.3, -0.25) is 9.59 Å². The Morgan fingerprint density at radius 3 is 2.67 bits per heavy atom. The first-order chi connectivity index (χ1) is 12.9. The van der Waals surface area contributed by atoms with Crippen LogP contribution in [0.2, 0.25) is 5.02 Å². The van der Waals surface area contributed by atoms with Crippen LogP contribution >= 0.6 is 11.6 Å². The number of anilines is 1. The molecular weight excluding hydrogens is 366 g/mol. The van der Waals surface area contributed by atoms with Crippen LogP contribution in [-0.4, -0.2) is 18.0 Å². The molecule has 1 heterocycles. The number of carbonyl (C=O) groups excluding carboxylic acids is 2. The summed E-state index contributed by atoms with van der Waals surface area (Å²) in [5.41, 5.74) is 4.13. The fourth-order valence-corrected chi connectivity index (χ4v) is 2.95. The van der Waals surface area contributed by atoms with E-state index in [2.05, 4.69) is 5.32 Å². The number of hydrogen-bond donors (Lipinski definition) is 1. The molecule has 0 spiro atoms. The molecule has 0 fully saturated rings. The molecule has 0 aliphatic carbocycles. The smallest absolute Gasteiger partial charge is 0.311 e. The molecule has 0 radical (unpaired) electrons. The highest BCUT2D eigenvalue weighted by molar-refractivity contribution is 6.33. The van der Waals surface area contributed by atoms with Crippen LogP contribution in [0.15, 0.2) is 47.1 Å². The zero-order valence-electron chi connectivity index (χ0n) is 15.3. The van der Waals surface area contributed by atoms with Crippen LogP contribution in [0, 0.1) is 13.8 Å². The van der Waals surface area contributed by atoms with E-state index in [0.29, 0.717) is 10.7 Å². The quantitative estimate of drug-likeness (QED) is 0.639. The van der Waals surface area contributed by atoms with E-state index in [1.165, 1.54) is 6.92 Å². The average Bonchev–Trinajstić information content (AvgIpc) is 3.03. The number of fused-ring (bicyclic) bond motifs is 1. The Labute approximate surface area is 162 Å². The lowest BCUT2D eigenvalue weighted by atomic mass is 10.0. The lowest BCUT2D eigenvalue weighted by Gasteiger charge is -2.14. The topological polar surface area (TPSA) is 68.5 Å². The number of esters is 1. The molecule has 1 amide bonds. The summed E-state index contributed by atoms with van der Waals surface area (Å²) in [4.78, 5) is 24.5. The first-order valence-corrected chi connectivity index (χ1v) is 8.95. The summed E-state index contributed by atoms with van der Waals surface area (Å²) in [6.07, 6.45) is 0.641. The third-order valence-corrected chi connectivity index (χ3v) is 4.82. The van der Waals surface area contributed by atoms with Gasteiger partial charge >= 0.3 is 5.97 Å². The zero-order chi connectivity index (χ0) is 19.6. The molecule has 140 valence electrons. The van der Waals surface area contributed by atoms with Gasteiger partial charge in [0.05, 0.1) is 23.4 Å². The van der Waals surface area contributed by atoms with E-state index >= 15 is 0 Å². The van der Waals surface area contributed by atoms with Gasteiger partial charge in [0.15, 0.2) is 6.10 Å². The second kappa shape index (κ2) is 7.84. The summed E-state index contributed by atoms with van der Waals surface area (Å²) in [6, 6.07) is 10.8. The predicted molar refractivity (Wildman–Crippen MR) is 105 cm³/mol. The summed E-state index contributed by atoms with van der Waals surface area (Å²) in [5.74, 6) is -0.947. The highest BCUT2D eigenvalue weighted by atomic mass is 35.5. The average molecular weight is 386 g/mol. The standard InChI is InChI=1S/C21H20ClNO4/c1-12-8-9-16-15(11-26-20(16)13(12)2)10-19(24)27-14(3)21(25)23-18-7-5-4-6-17(18)22/h4-9,11,14H,10H2,1-3H3,(H,23,25)/t14-/m1/s1.